The minimum absolute atomic E-state index is 0.150. The fourth-order valence-electron chi connectivity index (χ4n) is 2.94. The van der Waals surface area contributed by atoms with Crippen molar-refractivity contribution in [3.63, 3.8) is 0 Å². The van der Waals surface area contributed by atoms with Gasteiger partial charge in [0.1, 0.15) is 5.75 Å². The number of benzene rings is 2. The molecule has 1 aliphatic rings. The molecule has 1 amide bonds. The highest BCUT2D eigenvalue weighted by atomic mass is 35.5. The Morgan fingerprint density at radius 1 is 1.07 bits per heavy atom. The molecule has 1 heterocycles. The van der Waals surface area contributed by atoms with Crippen LogP contribution in [0.15, 0.2) is 59.5 Å². The molecule has 2 aromatic rings. The summed E-state index contributed by atoms with van der Waals surface area (Å²) in [5.74, 6) is 0.567. The highest BCUT2D eigenvalue weighted by molar-refractivity contribution is 7.89. The largest absolute Gasteiger partial charge is 0.497 e. The van der Waals surface area contributed by atoms with Crippen molar-refractivity contribution in [2.75, 3.05) is 33.3 Å². The van der Waals surface area contributed by atoms with E-state index in [0.29, 0.717) is 18.1 Å². The number of sulfonamides is 1. The van der Waals surface area contributed by atoms with E-state index in [9.17, 15) is 13.2 Å². The summed E-state index contributed by atoms with van der Waals surface area (Å²) < 4.78 is 32.0. The monoisotopic (exact) mass is 420 g/mol. The molecule has 0 radical (unpaired) electrons. The van der Waals surface area contributed by atoms with Gasteiger partial charge in [0.25, 0.3) is 0 Å². The van der Waals surface area contributed by atoms with Gasteiger partial charge in [0.05, 0.1) is 12.0 Å². The normalized spacial score (nSPS) is 15.7. The van der Waals surface area contributed by atoms with Crippen molar-refractivity contribution in [2.45, 2.75) is 4.90 Å². The molecule has 8 heteroatoms. The van der Waals surface area contributed by atoms with Gasteiger partial charge in [-0.1, -0.05) is 29.8 Å². The molecule has 0 saturated carbocycles. The van der Waals surface area contributed by atoms with Gasteiger partial charge in [0.2, 0.25) is 15.9 Å². The van der Waals surface area contributed by atoms with Gasteiger partial charge in [-0.3, -0.25) is 4.79 Å². The highest BCUT2D eigenvalue weighted by Gasteiger charge is 2.29. The molecule has 0 bridgehead atoms. The van der Waals surface area contributed by atoms with Crippen molar-refractivity contribution >= 4 is 33.6 Å². The Bertz CT molecular complexity index is 983. The summed E-state index contributed by atoms with van der Waals surface area (Å²) in [7, 11) is -2.03. The molecule has 2 aromatic carbocycles. The van der Waals surface area contributed by atoms with Gasteiger partial charge in [-0.15, -0.1) is 0 Å². The Morgan fingerprint density at radius 3 is 2.46 bits per heavy atom. The number of nitrogens with zero attached hydrogens (tertiary/aromatic N) is 2. The summed E-state index contributed by atoms with van der Waals surface area (Å²) in [6, 6.07) is 13.6. The standard InChI is InChI=1S/C20H21ClN2O4S/c1-27-18-6-2-4-16(14-18)8-9-20(24)22-10-12-23(13-11-22)28(25,26)19-7-3-5-17(21)15-19/h2-9,14-15H,10-13H2,1H3. The average Bonchev–Trinajstić information content (AvgIpc) is 2.72. The van der Waals surface area contributed by atoms with Crippen molar-refractivity contribution in [2.24, 2.45) is 0 Å². The van der Waals surface area contributed by atoms with E-state index in [-0.39, 0.29) is 23.9 Å². The van der Waals surface area contributed by atoms with Crippen LogP contribution in [0.25, 0.3) is 6.08 Å². The Balaban J connectivity index is 1.61. The molecule has 0 atom stereocenters. The van der Waals surface area contributed by atoms with Crippen LogP contribution < -0.4 is 4.74 Å². The maximum Gasteiger partial charge on any atom is 0.246 e. The first kappa shape index (κ1) is 20.4. The van der Waals surface area contributed by atoms with Crippen LogP contribution in [0, 0.1) is 0 Å². The predicted molar refractivity (Wildman–Crippen MR) is 109 cm³/mol. The zero-order valence-corrected chi connectivity index (χ0v) is 17.0. The van der Waals surface area contributed by atoms with E-state index in [4.69, 9.17) is 16.3 Å². The molecule has 0 aromatic heterocycles. The van der Waals surface area contributed by atoms with E-state index in [1.165, 1.54) is 22.5 Å². The Kier molecular flexibility index (Phi) is 6.39. The molecular weight excluding hydrogens is 400 g/mol. The lowest BCUT2D eigenvalue weighted by Gasteiger charge is -2.33. The van der Waals surface area contributed by atoms with E-state index in [0.717, 1.165) is 11.3 Å². The first-order valence-corrected chi connectivity index (χ1v) is 10.6. The second-order valence-electron chi connectivity index (χ2n) is 6.30. The number of carbonyl (C=O) groups excluding carboxylic acids is 1. The maximum atomic E-state index is 12.7. The van der Waals surface area contributed by atoms with Crippen LogP contribution in [0.5, 0.6) is 5.75 Å². The van der Waals surface area contributed by atoms with Gasteiger partial charge in [-0.05, 0) is 42.0 Å². The molecule has 1 saturated heterocycles. The van der Waals surface area contributed by atoms with Crippen LogP contribution in [0.1, 0.15) is 5.56 Å². The molecule has 28 heavy (non-hydrogen) atoms. The number of amides is 1. The summed E-state index contributed by atoms with van der Waals surface area (Å²) >= 11 is 5.91. The second-order valence-corrected chi connectivity index (χ2v) is 8.67. The number of rotatable bonds is 5. The number of carbonyl (C=O) groups is 1. The molecule has 0 unspecified atom stereocenters. The lowest BCUT2D eigenvalue weighted by molar-refractivity contribution is -0.127. The number of halogens is 1. The van der Waals surface area contributed by atoms with E-state index >= 15 is 0 Å². The Hall–Kier alpha value is -2.35. The Labute approximate surface area is 170 Å². The van der Waals surface area contributed by atoms with Crippen molar-refractivity contribution in [1.29, 1.82) is 0 Å². The van der Waals surface area contributed by atoms with Gasteiger partial charge in [-0.2, -0.15) is 4.31 Å². The van der Waals surface area contributed by atoms with Crippen LogP contribution in [0.3, 0.4) is 0 Å². The molecular formula is C20H21ClN2O4S. The second kappa shape index (κ2) is 8.77. The van der Waals surface area contributed by atoms with Gasteiger partial charge in [0.15, 0.2) is 0 Å². The van der Waals surface area contributed by atoms with Crippen molar-refractivity contribution < 1.29 is 17.9 Å². The summed E-state index contributed by atoms with van der Waals surface area (Å²) in [5, 5.41) is 0.373. The molecule has 3 rings (SSSR count). The van der Waals surface area contributed by atoms with E-state index in [1.54, 1.807) is 30.2 Å². The maximum absolute atomic E-state index is 12.7. The van der Waals surface area contributed by atoms with Crippen molar-refractivity contribution in [3.8, 4) is 5.75 Å². The fourth-order valence-corrected chi connectivity index (χ4v) is 4.67. The molecule has 148 valence electrons. The lowest BCUT2D eigenvalue weighted by Crippen LogP contribution is -2.50. The first-order valence-electron chi connectivity index (χ1n) is 8.77. The van der Waals surface area contributed by atoms with Gasteiger partial charge < -0.3 is 9.64 Å². The number of methoxy groups -OCH3 is 1. The number of piperazine rings is 1. The van der Waals surface area contributed by atoms with Crippen molar-refractivity contribution in [3.05, 3.63) is 65.2 Å². The van der Waals surface area contributed by atoms with Crippen LogP contribution in [-0.2, 0) is 14.8 Å². The third kappa shape index (κ3) is 4.73. The topological polar surface area (TPSA) is 66.9 Å². The summed E-state index contributed by atoms with van der Waals surface area (Å²) in [6.07, 6.45) is 3.22. The van der Waals surface area contributed by atoms with Crippen LogP contribution in [-0.4, -0.2) is 56.8 Å². The summed E-state index contributed by atoms with van der Waals surface area (Å²) in [6.45, 7) is 1.16. The van der Waals surface area contributed by atoms with Gasteiger partial charge >= 0.3 is 0 Å². The highest BCUT2D eigenvalue weighted by Crippen LogP contribution is 2.21. The summed E-state index contributed by atoms with van der Waals surface area (Å²) in [5.41, 5.74) is 0.856. The molecule has 0 N–H and O–H groups in total. The molecule has 0 aliphatic carbocycles. The Morgan fingerprint density at radius 2 is 1.79 bits per heavy atom. The zero-order chi connectivity index (χ0) is 20.1. The van der Waals surface area contributed by atoms with Crippen molar-refractivity contribution in [1.82, 2.24) is 9.21 Å². The number of hydrogen-bond acceptors (Lipinski definition) is 4. The molecule has 1 fully saturated rings. The van der Waals surface area contributed by atoms with Crippen LogP contribution >= 0.6 is 11.6 Å². The first-order chi connectivity index (χ1) is 13.4. The van der Waals surface area contributed by atoms with E-state index < -0.39 is 10.0 Å². The minimum Gasteiger partial charge on any atom is -0.497 e. The molecule has 6 nitrogen and oxygen atoms in total. The molecule has 0 spiro atoms. The zero-order valence-electron chi connectivity index (χ0n) is 15.4. The van der Waals surface area contributed by atoms with E-state index in [1.807, 2.05) is 24.3 Å². The molecule has 1 aliphatic heterocycles. The van der Waals surface area contributed by atoms with Crippen LogP contribution in [0.4, 0.5) is 0 Å². The van der Waals surface area contributed by atoms with Gasteiger partial charge in [-0.25, -0.2) is 8.42 Å². The van der Waals surface area contributed by atoms with Gasteiger partial charge in [0, 0.05) is 37.3 Å². The quantitative estimate of drug-likeness (QED) is 0.697. The SMILES string of the molecule is COc1cccc(C=CC(=O)N2CCN(S(=O)(=O)c3cccc(Cl)c3)CC2)c1. The van der Waals surface area contributed by atoms with Crippen LogP contribution in [0.2, 0.25) is 5.02 Å². The third-order valence-corrected chi connectivity index (χ3v) is 6.63. The van der Waals surface area contributed by atoms with E-state index in [2.05, 4.69) is 0 Å². The third-order valence-electron chi connectivity index (χ3n) is 4.50. The summed E-state index contributed by atoms with van der Waals surface area (Å²) in [4.78, 5) is 14.2. The smallest absolute Gasteiger partial charge is 0.246 e. The average molecular weight is 421 g/mol. The minimum atomic E-state index is -3.62. The lowest BCUT2D eigenvalue weighted by atomic mass is 10.2. The fraction of sp³-hybridized carbons (Fsp3) is 0.250. The number of hydrogen-bond donors (Lipinski definition) is 0. The number of ether oxygens (including phenoxy) is 1. The predicted octanol–water partition coefficient (Wildman–Crippen LogP) is 2.89.